The molecular formula is C18H27N3O3S. The van der Waals surface area contributed by atoms with E-state index in [1.165, 1.54) is 32.1 Å². The summed E-state index contributed by atoms with van der Waals surface area (Å²) in [7, 11) is -3.30. The molecule has 1 atom stereocenters. The van der Waals surface area contributed by atoms with Gasteiger partial charge < -0.3 is 5.32 Å². The van der Waals surface area contributed by atoms with Crippen LogP contribution in [-0.2, 0) is 10.0 Å². The number of amides is 1. The van der Waals surface area contributed by atoms with Crippen LogP contribution in [-0.4, -0.2) is 50.7 Å². The second-order valence-electron chi connectivity index (χ2n) is 7.20. The van der Waals surface area contributed by atoms with E-state index in [0.717, 1.165) is 25.8 Å². The number of sulfonamides is 1. The van der Waals surface area contributed by atoms with Crippen LogP contribution in [0.25, 0.3) is 0 Å². The zero-order chi connectivity index (χ0) is 17.9. The number of anilines is 1. The standard InChI is InChI=1S/C18H27N3O3S/c1-25(23,24)20-15-9-7-14(8-10-15)18(22)19-16-11-12-21(13-16)17-5-3-2-4-6-17/h7-10,16-17,20H,2-6,11-13H2,1H3,(H,19,22). The van der Waals surface area contributed by atoms with Crippen molar-refractivity contribution in [2.24, 2.45) is 0 Å². The van der Waals surface area contributed by atoms with Crippen molar-refractivity contribution in [3.8, 4) is 0 Å². The van der Waals surface area contributed by atoms with Crippen LogP contribution in [0.2, 0.25) is 0 Å². The summed E-state index contributed by atoms with van der Waals surface area (Å²) in [6, 6.07) is 7.41. The van der Waals surface area contributed by atoms with Crippen LogP contribution in [0.15, 0.2) is 24.3 Å². The zero-order valence-corrected chi connectivity index (χ0v) is 15.5. The quantitative estimate of drug-likeness (QED) is 0.838. The SMILES string of the molecule is CS(=O)(=O)Nc1ccc(C(=O)NC2CCN(C3CCCCC3)C2)cc1. The fourth-order valence-electron chi connectivity index (χ4n) is 3.86. The van der Waals surface area contributed by atoms with Gasteiger partial charge in [-0.2, -0.15) is 0 Å². The third-order valence-corrected chi connectivity index (χ3v) is 5.70. The zero-order valence-electron chi connectivity index (χ0n) is 14.7. The van der Waals surface area contributed by atoms with E-state index in [1.54, 1.807) is 24.3 Å². The van der Waals surface area contributed by atoms with E-state index >= 15 is 0 Å². The molecule has 1 saturated heterocycles. The first kappa shape index (κ1) is 18.2. The minimum Gasteiger partial charge on any atom is -0.348 e. The predicted molar refractivity (Wildman–Crippen MR) is 99.2 cm³/mol. The lowest BCUT2D eigenvalue weighted by Gasteiger charge is -2.31. The molecule has 1 aromatic rings. The summed E-state index contributed by atoms with van der Waals surface area (Å²) in [5, 5.41) is 3.11. The second kappa shape index (κ2) is 7.74. The molecule has 1 unspecified atom stereocenters. The summed E-state index contributed by atoms with van der Waals surface area (Å²) < 4.78 is 24.8. The molecule has 2 N–H and O–H groups in total. The highest BCUT2D eigenvalue weighted by atomic mass is 32.2. The molecule has 1 amide bonds. The van der Waals surface area contributed by atoms with Gasteiger partial charge in [0.15, 0.2) is 0 Å². The highest BCUT2D eigenvalue weighted by Crippen LogP contribution is 2.25. The molecule has 1 aliphatic heterocycles. The highest BCUT2D eigenvalue weighted by molar-refractivity contribution is 7.92. The van der Waals surface area contributed by atoms with Crippen LogP contribution < -0.4 is 10.0 Å². The van der Waals surface area contributed by atoms with Gasteiger partial charge in [-0.1, -0.05) is 19.3 Å². The van der Waals surface area contributed by atoms with Crippen LogP contribution in [0.4, 0.5) is 5.69 Å². The first-order valence-electron chi connectivity index (χ1n) is 9.03. The topological polar surface area (TPSA) is 78.5 Å². The Kier molecular flexibility index (Phi) is 5.64. The van der Waals surface area contributed by atoms with Crippen molar-refractivity contribution in [2.75, 3.05) is 24.1 Å². The Morgan fingerprint density at radius 2 is 1.76 bits per heavy atom. The Morgan fingerprint density at radius 3 is 2.40 bits per heavy atom. The van der Waals surface area contributed by atoms with Gasteiger partial charge in [0.25, 0.3) is 5.91 Å². The molecule has 2 fully saturated rings. The van der Waals surface area contributed by atoms with Gasteiger partial charge in [0.05, 0.1) is 6.26 Å². The molecule has 7 heteroatoms. The van der Waals surface area contributed by atoms with Crippen molar-refractivity contribution >= 4 is 21.6 Å². The largest absolute Gasteiger partial charge is 0.348 e. The van der Waals surface area contributed by atoms with E-state index in [9.17, 15) is 13.2 Å². The molecule has 1 heterocycles. The van der Waals surface area contributed by atoms with Crippen LogP contribution in [0, 0.1) is 0 Å². The van der Waals surface area contributed by atoms with Gasteiger partial charge in [0.1, 0.15) is 0 Å². The van der Waals surface area contributed by atoms with Crippen molar-refractivity contribution in [2.45, 2.75) is 50.6 Å². The molecule has 1 aromatic carbocycles. The van der Waals surface area contributed by atoms with Crippen molar-refractivity contribution < 1.29 is 13.2 Å². The molecule has 1 aliphatic carbocycles. The summed E-state index contributed by atoms with van der Waals surface area (Å²) in [6.45, 7) is 2.00. The van der Waals surface area contributed by atoms with Gasteiger partial charge in [0, 0.05) is 36.4 Å². The Hall–Kier alpha value is -1.60. The number of benzene rings is 1. The number of likely N-dealkylation sites (tertiary alicyclic amines) is 1. The minimum absolute atomic E-state index is 0.0959. The molecule has 3 rings (SSSR count). The summed E-state index contributed by atoms with van der Waals surface area (Å²) in [4.78, 5) is 14.9. The molecule has 1 saturated carbocycles. The lowest BCUT2D eigenvalue weighted by atomic mass is 9.94. The maximum atomic E-state index is 12.4. The molecule has 25 heavy (non-hydrogen) atoms. The number of hydrogen-bond acceptors (Lipinski definition) is 4. The fourth-order valence-corrected chi connectivity index (χ4v) is 4.42. The molecule has 2 aliphatic rings. The van der Waals surface area contributed by atoms with Crippen LogP contribution in [0.1, 0.15) is 48.9 Å². The van der Waals surface area contributed by atoms with E-state index in [4.69, 9.17) is 0 Å². The first-order chi connectivity index (χ1) is 11.9. The number of nitrogens with zero attached hydrogens (tertiary/aromatic N) is 1. The van der Waals surface area contributed by atoms with E-state index in [2.05, 4.69) is 14.9 Å². The summed E-state index contributed by atoms with van der Waals surface area (Å²) in [6.07, 6.45) is 8.68. The first-order valence-corrected chi connectivity index (χ1v) is 10.9. The Bertz CT molecular complexity index is 697. The number of hydrogen-bond donors (Lipinski definition) is 2. The second-order valence-corrected chi connectivity index (χ2v) is 8.95. The van der Waals surface area contributed by atoms with Gasteiger partial charge in [-0.05, 0) is 43.5 Å². The number of carbonyl (C=O) groups is 1. The molecule has 0 aromatic heterocycles. The molecule has 0 radical (unpaired) electrons. The van der Waals surface area contributed by atoms with Crippen LogP contribution in [0.5, 0.6) is 0 Å². The van der Waals surface area contributed by atoms with E-state index in [-0.39, 0.29) is 11.9 Å². The fraction of sp³-hybridized carbons (Fsp3) is 0.611. The predicted octanol–water partition coefficient (Wildman–Crippen LogP) is 2.19. The minimum atomic E-state index is -3.30. The third kappa shape index (κ3) is 5.19. The summed E-state index contributed by atoms with van der Waals surface area (Å²) in [5.41, 5.74) is 1.01. The van der Waals surface area contributed by atoms with Crippen molar-refractivity contribution in [1.29, 1.82) is 0 Å². The number of carbonyl (C=O) groups excluding carboxylic acids is 1. The van der Waals surface area contributed by atoms with Crippen molar-refractivity contribution in [3.63, 3.8) is 0 Å². The molecule has 0 bridgehead atoms. The average molecular weight is 365 g/mol. The third-order valence-electron chi connectivity index (χ3n) is 5.10. The van der Waals surface area contributed by atoms with Gasteiger partial charge in [-0.25, -0.2) is 8.42 Å². The number of nitrogens with one attached hydrogen (secondary N) is 2. The highest BCUT2D eigenvalue weighted by Gasteiger charge is 2.29. The molecule has 0 spiro atoms. The van der Waals surface area contributed by atoms with Crippen LogP contribution in [0.3, 0.4) is 0 Å². The van der Waals surface area contributed by atoms with Gasteiger partial charge >= 0.3 is 0 Å². The summed E-state index contributed by atoms with van der Waals surface area (Å²) >= 11 is 0. The van der Waals surface area contributed by atoms with Crippen molar-refractivity contribution in [1.82, 2.24) is 10.2 Å². The molecular weight excluding hydrogens is 338 g/mol. The maximum Gasteiger partial charge on any atom is 0.251 e. The van der Waals surface area contributed by atoms with E-state index in [0.29, 0.717) is 17.3 Å². The lowest BCUT2D eigenvalue weighted by molar-refractivity contribution is 0.0934. The number of rotatable bonds is 5. The van der Waals surface area contributed by atoms with E-state index in [1.807, 2.05) is 0 Å². The monoisotopic (exact) mass is 365 g/mol. The van der Waals surface area contributed by atoms with Gasteiger partial charge in [0.2, 0.25) is 10.0 Å². The van der Waals surface area contributed by atoms with Gasteiger partial charge in [-0.15, -0.1) is 0 Å². The van der Waals surface area contributed by atoms with Crippen molar-refractivity contribution in [3.05, 3.63) is 29.8 Å². The Balaban J connectivity index is 1.52. The van der Waals surface area contributed by atoms with Gasteiger partial charge in [-0.3, -0.25) is 14.4 Å². The molecule has 6 nitrogen and oxygen atoms in total. The Labute approximate surface area is 150 Å². The smallest absolute Gasteiger partial charge is 0.251 e. The Morgan fingerprint density at radius 1 is 1.08 bits per heavy atom. The normalized spacial score (nSPS) is 22.7. The lowest BCUT2D eigenvalue weighted by Crippen LogP contribution is -2.40. The summed E-state index contributed by atoms with van der Waals surface area (Å²) in [5.74, 6) is -0.0959. The van der Waals surface area contributed by atoms with E-state index < -0.39 is 10.0 Å². The maximum absolute atomic E-state index is 12.4. The molecule has 138 valence electrons. The van der Waals surface area contributed by atoms with Crippen LogP contribution >= 0.6 is 0 Å². The average Bonchev–Trinajstić information content (AvgIpc) is 3.03.